The van der Waals surface area contributed by atoms with Gasteiger partial charge in [0.25, 0.3) is 0 Å². The van der Waals surface area contributed by atoms with Crippen molar-refractivity contribution in [3.63, 3.8) is 0 Å². The van der Waals surface area contributed by atoms with Crippen LogP contribution in [0.2, 0.25) is 0 Å². The fraction of sp³-hybridized carbons (Fsp3) is 0.211. The first-order valence-electron chi connectivity index (χ1n) is 7.92. The number of nitriles is 1. The second-order valence-electron chi connectivity index (χ2n) is 5.27. The lowest BCUT2D eigenvalue weighted by Crippen LogP contribution is -2.13. The van der Waals surface area contributed by atoms with E-state index in [0.29, 0.717) is 30.8 Å². The van der Waals surface area contributed by atoms with E-state index in [-0.39, 0.29) is 18.2 Å². The summed E-state index contributed by atoms with van der Waals surface area (Å²) in [5.74, 6) is 0.326. The summed E-state index contributed by atoms with van der Waals surface area (Å²) in [6, 6.07) is 18.0. The first-order chi connectivity index (χ1) is 12.2. The number of hydrogen-bond acceptors (Lipinski definition) is 4. The number of carbonyl (C=O) groups is 2. The molecule has 0 bridgehead atoms. The molecule has 2 aromatic carbocycles. The summed E-state index contributed by atoms with van der Waals surface area (Å²) in [6.45, 7) is 0.474. The van der Waals surface area contributed by atoms with E-state index in [1.807, 2.05) is 30.3 Å². The van der Waals surface area contributed by atoms with Crippen molar-refractivity contribution >= 4 is 23.2 Å². The molecule has 0 aliphatic carbocycles. The highest BCUT2D eigenvalue weighted by Gasteiger charge is 2.04. The zero-order chi connectivity index (χ0) is 17.9. The third-order valence-corrected chi connectivity index (χ3v) is 3.25. The van der Waals surface area contributed by atoms with Gasteiger partial charge in [-0.3, -0.25) is 9.59 Å². The number of carbonyl (C=O) groups excluding carboxylic acids is 2. The summed E-state index contributed by atoms with van der Waals surface area (Å²) >= 11 is 0. The minimum absolute atomic E-state index is 0.0991. The average molecular weight is 337 g/mol. The minimum atomic E-state index is -0.363. The van der Waals surface area contributed by atoms with Gasteiger partial charge in [0.05, 0.1) is 12.7 Å². The van der Waals surface area contributed by atoms with E-state index in [9.17, 15) is 9.59 Å². The Morgan fingerprint density at radius 1 is 0.920 bits per heavy atom. The van der Waals surface area contributed by atoms with Gasteiger partial charge in [-0.05, 0) is 42.8 Å². The molecule has 0 radical (unpaired) electrons. The molecule has 0 aromatic heterocycles. The van der Waals surface area contributed by atoms with Crippen molar-refractivity contribution in [3.05, 3.63) is 54.6 Å². The molecule has 2 amide bonds. The van der Waals surface area contributed by atoms with E-state index >= 15 is 0 Å². The Bertz CT molecular complexity index is 737. The molecule has 25 heavy (non-hydrogen) atoms. The summed E-state index contributed by atoms with van der Waals surface area (Å²) < 4.78 is 5.54. The summed E-state index contributed by atoms with van der Waals surface area (Å²) in [5.41, 5.74) is 1.22. The molecule has 0 saturated carbocycles. The molecule has 0 aliphatic rings. The molecule has 6 nitrogen and oxygen atoms in total. The van der Waals surface area contributed by atoms with Crippen LogP contribution in [-0.2, 0) is 9.59 Å². The Morgan fingerprint density at radius 3 is 2.12 bits per heavy atom. The van der Waals surface area contributed by atoms with E-state index in [1.165, 1.54) is 0 Å². The largest absolute Gasteiger partial charge is 0.494 e. The van der Waals surface area contributed by atoms with Gasteiger partial charge in [-0.15, -0.1) is 0 Å². The monoisotopic (exact) mass is 337 g/mol. The van der Waals surface area contributed by atoms with E-state index in [1.54, 1.807) is 30.3 Å². The molecule has 2 rings (SSSR count). The van der Waals surface area contributed by atoms with Crippen LogP contribution < -0.4 is 15.4 Å². The Hall–Kier alpha value is -3.33. The molecule has 0 aliphatic heterocycles. The average Bonchev–Trinajstić information content (AvgIpc) is 2.61. The Morgan fingerprint density at radius 2 is 1.52 bits per heavy atom. The number of benzene rings is 2. The molecule has 0 spiro atoms. The van der Waals surface area contributed by atoms with Crippen LogP contribution in [0, 0.1) is 11.3 Å². The zero-order valence-corrected chi connectivity index (χ0v) is 13.7. The highest BCUT2D eigenvalue weighted by molar-refractivity contribution is 5.93. The molecular weight excluding hydrogens is 318 g/mol. The molecular formula is C19H19N3O3. The SMILES string of the molecule is N#CCC(=O)Nc1ccc(NC(=O)CCCOc2ccccc2)cc1. The van der Waals surface area contributed by atoms with E-state index < -0.39 is 0 Å². The van der Waals surface area contributed by atoms with Gasteiger partial charge < -0.3 is 15.4 Å². The highest BCUT2D eigenvalue weighted by Crippen LogP contribution is 2.14. The lowest BCUT2D eigenvalue weighted by molar-refractivity contribution is -0.116. The lowest BCUT2D eigenvalue weighted by atomic mass is 10.2. The van der Waals surface area contributed by atoms with E-state index in [2.05, 4.69) is 10.6 Å². The van der Waals surface area contributed by atoms with Crippen molar-refractivity contribution in [1.82, 2.24) is 0 Å². The number of para-hydroxylation sites is 1. The minimum Gasteiger partial charge on any atom is -0.494 e. The van der Waals surface area contributed by atoms with Crippen LogP contribution in [0.3, 0.4) is 0 Å². The van der Waals surface area contributed by atoms with Crippen molar-refractivity contribution in [2.45, 2.75) is 19.3 Å². The molecule has 128 valence electrons. The first-order valence-corrected chi connectivity index (χ1v) is 7.92. The number of nitrogens with zero attached hydrogens (tertiary/aromatic N) is 1. The van der Waals surface area contributed by atoms with Crippen LogP contribution in [0.5, 0.6) is 5.75 Å². The second kappa shape index (κ2) is 9.73. The van der Waals surface area contributed by atoms with Crippen molar-refractivity contribution < 1.29 is 14.3 Å². The third kappa shape index (κ3) is 6.75. The standard InChI is InChI=1S/C19H19N3O3/c20-13-12-19(24)22-16-10-8-15(9-11-16)21-18(23)7-4-14-25-17-5-2-1-3-6-17/h1-3,5-6,8-11H,4,7,12,14H2,(H,21,23)(H,22,24). The van der Waals surface area contributed by atoms with Crippen molar-refractivity contribution in [3.8, 4) is 11.8 Å². The Kier molecular flexibility index (Phi) is 7.01. The van der Waals surface area contributed by atoms with Gasteiger partial charge in [0, 0.05) is 17.8 Å². The molecule has 0 saturated heterocycles. The predicted molar refractivity (Wildman–Crippen MR) is 95.1 cm³/mol. The highest BCUT2D eigenvalue weighted by atomic mass is 16.5. The maximum absolute atomic E-state index is 11.9. The number of nitrogens with one attached hydrogen (secondary N) is 2. The van der Waals surface area contributed by atoms with Crippen LogP contribution in [-0.4, -0.2) is 18.4 Å². The van der Waals surface area contributed by atoms with E-state index in [4.69, 9.17) is 10.00 Å². The van der Waals surface area contributed by atoms with Gasteiger partial charge in [-0.2, -0.15) is 5.26 Å². The van der Waals surface area contributed by atoms with Crippen LogP contribution in [0.4, 0.5) is 11.4 Å². The zero-order valence-electron chi connectivity index (χ0n) is 13.7. The molecule has 0 fully saturated rings. The Labute approximate surface area is 146 Å². The molecule has 0 atom stereocenters. The molecule has 2 N–H and O–H groups in total. The molecule has 6 heteroatoms. The quantitative estimate of drug-likeness (QED) is 0.723. The number of amides is 2. The summed E-state index contributed by atoms with van der Waals surface area (Å²) in [6.07, 6.45) is 0.778. The second-order valence-corrected chi connectivity index (χ2v) is 5.27. The van der Waals surface area contributed by atoms with Gasteiger partial charge in [0.2, 0.25) is 11.8 Å². The number of hydrogen-bond donors (Lipinski definition) is 2. The number of rotatable bonds is 8. The maximum atomic E-state index is 11.9. The van der Waals surface area contributed by atoms with Crippen LogP contribution >= 0.6 is 0 Å². The van der Waals surface area contributed by atoms with Crippen molar-refractivity contribution in [2.24, 2.45) is 0 Å². The fourth-order valence-corrected chi connectivity index (χ4v) is 2.08. The van der Waals surface area contributed by atoms with Crippen LogP contribution in [0.25, 0.3) is 0 Å². The summed E-state index contributed by atoms with van der Waals surface area (Å²) in [7, 11) is 0. The predicted octanol–water partition coefficient (Wildman–Crippen LogP) is 3.34. The molecule has 0 unspecified atom stereocenters. The normalized spacial score (nSPS) is 9.72. The number of anilines is 2. The number of ether oxygens (including phenoxy) is 1. The van der Waals surface area contributed by atoms with E-state index in [0.717, 1.165) is 5.75 Å². The molecule has 0 heterocycles. The van der Waals surface area contributed by atoms with Crippen molar-refractivity contribution in [1.29, 1.82) is 5.26 Å². The van der Waals surface area contributed by atoms with Crippen molar-refractivity contribution in [2.75, 3.05) is 17.2 Å². The van der Waals surface area contributed by atoms with Gasteiger partial charge in [0.1, 0.15) is 12.2 Å². The summed E-state index contributed by atoms with van der Waals surface area (Å²) in [4.78, 5) is 23.2. The summed E-state index contributed by atoms with van der Waals surface area (Å²) in [5, 5.41) is 13.8. The van der Waals surface area contributed by atoms with Gasteiger partial charge in [-0.25, -0.2) is 0 Å². The van der Waals surface area contributed by atoms with Gasteiger partial charge in [0.15, 0.2) is 0 Å². The topological polar surface area (TPSA) is 91.2 Å². The maximum Gasteiger partial charge on any atom is 0.238 e. The first kappa shape index (κ1) is 18.0. The fourth-order valence-electron chi connectivity index (χ4n) is 2.08. The van der Waals surface area contributed by atoms with Crippen LogP contribution in [0.15, 0.2) is 54.6 Å². The molecule has 2 aromatic rings. The Balaban J connectivity index is 1.69. The third-order valence-electron chi connectivity index (χ3n) is 3.25. The smallest absolute Gasteiger partial charge is 0.238 e. The van der Waals surface area contributed by atoms with Gasteiger partial charge >= 0.3 is 0 Å². The lowest BCUT2D eigenvalue weighted by Gasteiger charge is -2.08. The van der Waals surface area contributed by atoms with Gasteiger partial charge in [-0.1, -0.05) is 18.2 Å². The van der Waals surface area contributed by atoms with Crippen LogP contribution in [0.1, 0.15) is 19.3 Å².